The van der Waals surface area contributed by atoms with Gasteiger partial charge in [-0.15, -0.1) is 0 Å². The van der Waals surface area contributed by atoms with E-state index in [1.165, 1.54) is 12.1 Å². The molecule has 0 heterocycles. The molecule has 0 unspecified atom stereocenters. The Bertz CT molecular complexity index is 1150. The third-order valence-corrected chi connectivity index (χ3v) is 8.83. The van der Waals surface area contributed by atoms with Gasteiger partial charge in [0, 0.05) is 23.7 Å². The Morgan fingerprint density at radius 1 is 1.00 bits per heavy atom. The van der Waals surface area contributed by atoms with Gasteiger partial charge in [0.2, 0.25) is 5.91 Å². The summed E-state index contributed by atoms with van der Waals surface area (Å²) in [6.07, 6.45) is -1.03. The quantitative estimate of drug-likeness (QED) is 0.422. The lowest BCUT2D eigenvalue weighted by Crippen LogP contribution is -2.60. The highest BCUT2D eigenvalue weighted by Crippen LogP contribution is 2.53. The molecule has 6 rings (SSSR count). The molecule has 4 aliphatic rings. The van der Waals surface area contributed by atoms with E-state index in [2.05, 4.69) is 4.74 Å². The Hall–Kier alpha value is -2.72. The van der Waals surface area contributed by atoms with Crippen molar-refractivity contribution in [2.75, 3.05) is 11.4 Å². The summed E-state index contributed by atoms with van der Waals surface area (Å²) in [6.45, 7) is -2.57. The van der Waals surface area contributed by atoms with Gasteiger partial charge in [-0.05, 0) is 92.2 Å². The van der Waals surface area contributed by atoms with Gasteiger partial charge in [0.25, 0.3) is 0 Å². The summed E-state index contributed by atoms with van der Waals surface area (Å²) in [4.78, 5) is 15.3. The summed E-state index contributed by atoms with van der Waals surface area (Å²) >= 11 is 0. The maximum Gasteiger partial charge on any atom is 0.417 e. The SMILES string of the molecule is NC12CCC(CN(C(=O)C3CC(O)(C(F)(F)F)C3)c3cccc(-c4ccc(OC(F)F)cc4)c3)(CC1)CC2. The topological polar surface area (TPSA) is 75.8 Å². The van der Waals surface area contributed by atoms with Gasteiger partial charge in [-0.1, -0.05) is 24.3 Å². The normalized spacial score (nSPS) is 30.7. The molecule has 0 atom stereocenters. The van der Waals surface area contributed by atoms with E-state index in [4.69, 9.17) is 5.73 Å². The number of anilines is 1. The second kappa shape index (κ2) is 9.48. The molecular weight excluding hydrogens is 507 g/mol. The van der Waals surface area contributed by atoms with Crippen molar-refractivity contribution in [3.8, 4) is 16.9 Å². The van der Waals surface area contributed by atoms with Gasteiger partial charge in [-0.3, -0.25) is 4.79 Å². The number of rotatable bonds is 7. The molecule has 2 aromatic rings. The first-order valence-corrected chi connectivity index (χ1v) is 12.9. The van der Waals surface area contributed by atoms with E-state index in [1.807, 2.05) is 6.07 Å². The Morgan fingerprint density at radius 3 is 2.16 bits per heavy atom. The minimum atomic E-state index is -4.79. The minimum Gasteiger partial charge on any atom is -0.435 e. The monoisotopic (exact) mass is 538 g/mol. The molecule has 2 aromatic carbocycles. The molecule has 5 nitrogen and oxygen atoms in total. The number of carbonyl (C=O) groups is 1. The Balaban J connectivity index is 1.42. The molecule has 0 aliphatic heterocycles. The molecule has 10 heteroatoms. The van der Waals surface area contributed by atoms with Crippen LogP contribution in [0, 0.1) is 11.3 Å². The van der Waals surface area contributed by atoms with Gasteiger partial charge >= 0.3 is 12.8 Å². The molecule has 0 spiro atoms. The summed E-state index contributed by atoms with van der Waals surface area (Å²) < 4.78 is 69.3. The second-order valence-corrected chi connectivity index (χ2v) is 11.4. The summed E-state index contributed by atoms with van der Waals surface area (Å²) in [7, 11) is 0. The predicted octanol–water partition coefficient (Wildman–Crippen LogP) is 6.04. The Kier molecular flexibility index (Phi) is 6.70. The van der Waals surface area contributed by atoms with Crippen LogP contribution < -0.4 is 15.4 Å². The average Bonchev–Trinajstić information content (AvgIpc) is 2.85. The van der Waals surface area contributed by atoms with Crippen LogP contribution in [0.25, 0.3) is 11.1 Å². The van der Waals surface area contributed by atoms with Crippen molar-refractivity contribution in [2.24, 2.45) is 17.1 Å². The number of amides is 1. The van der Waals surface area contributed by atoms with Crippen LogP contribution in [-0.4, -0.2) is 41.5 Å². The number of ether oxygens (including phenoxy) is 1. The molecule has 206 valence electrons. The number of nitrogens with two attached hydrogens (primary N) is 1. The zero-order chi connectivity index (χ0) is 27.3. The standard InChI is InChI=1S/C28H31F5N2O3/c29-24(30)38-22-6-4-18(5-7-22)19-2-1-3-21(14-19)35(17-25-8-11-26(34,12-9-25)13-10-25)23(36)20-15-27(37,16-20)28(31,32)33/h1-7,14,20,24,37H,8-13,15-17,34H2. The van der Waals surface area contributed by atoms with E-state index in [-0.39, 0.29) is 16.7 Å². The molecular formula is C28H31F5N2O3. The summed E-state index contributed by atoms with van der Waals surface area (Å²) in [5, 5.41) is 9.97. The number of nitrogens with zero attached hydrogens (tertiary/aromatic N) is 1. The van der Waals surface area contributed by atoms with Gasteiger partial charge in [-0.2, -0.15) is 22.0 Å². The number of hydrogen-bond donors (Lipinski definition) is 2. The molecule has 1 amide bonds. The van der Waals surface area contributed by atoms with Crippen LogP contribution in [0.15, 0.2) is 48.5 Å². The van der Waals surface area contributed by atoms with Crippen molar-refractivity contribution in [1.82, 2.24) is 0 Å². The second-order valence-electron chi connectivity index (χ2n) is 11.4. The lowest BCUT2D eigenvalue weighted by molar-refractivity contribution is -0.295. The van der Waals surface area contributed by atoms with Crippen molar-refractivity contribution in [3.05, 3.63) is 48.5 Å². The fourth-order valence-electron chi connectivity index (χ4n) is 6.23. The van der Waals surface area contributed by atoms with Crippen molar-refractivity contribution >= 4 is 11.6 Å². The van der Waals surface area contributed by atoms with Crippen LogP contribution in [0.4, 0.5) is 27.6 Å². The highest BCUT2D eigenvalue weighted by atomic mass is 19.4. The molecule has 4 saturated carbocycles. The van der Waals surface area contributed by atoms with E-state index in [9.17, 15) is 31.9 Å². The molecule has 2 bridgehead atoms. The number of aliphatic hydroxyl groups is 1. The lowest BCUT2D eigenvalue weighted by Gasteiger charge is -2.54. The number of hydrogen-bond acceptors (Lipinski definition) is 4. The van der Waals surface area contributed by atoms with Crippen LogP contribution in [0.2, 0.25) is 0 Å². The molecule has 38 heavy (non-hydrogen) atoms. The molecule has 0 saturated heterocycles. The van der Waals surface area contributed by atoms with Crippen LogP contribution >= 0.6 is 0 Å². The van der Waals surface area contributed by atoms with Gasteiger partial charge in [0.15, 0.2) is 5.60 Å². The highest BCUT2D eigenvalue weighted by molar-refractivity contribution is 5.96. The zero-order valence-corrected chi connectivity index (χ0v) is 20.8. The van der Waals surface area contributed by atoms with Crippen molar-refractivity contribution in [2.45, 2.75) is 75.3 Å². The first-order valence-electron chi connectivity index (χ1n) is 12.9. The maximum absolute atomic E-state index is 13.7. The largest absolute Gasteiger partial charge is 0.435 e. The first kappa shape index (κ1) is 26.9. The van der Waals surface area contributed by atoms with E-state index < -0.39 is 43.1 Å². The van der Waals surface area contributed by atoms with E-state index in [0.717, 1.165) is 44.1 Å². The van der Waals surface area contributed by atoms with Gasteiger partial charge in [0.1, 0.15) is 5.75 Å². The summed E-state index contributed by atoms with van der Waals surface area (Å²) in [5.41, 5.74) is 5.26. The van der Waals surface area contributed by atoms with Crippen LogP contribution in [0.5, 0.6) is 5.75 Å². The highest BCUT2D eigenvalue weighted by Gasteiger charge is 2.63. The van der Waals surface area contributed by atoms with E-state index in [0.29, 0.717) is 17.8 Å². The maximum atomic E-state index is 13.7. The van der Waals surface area contributed by atoms with Crippen molar-refractivity contribution < 1.29 is 36.6 Å². The summed E-state index contributed by atoms with van der Waals surface area (Å²) in [5.74, 6) is -1.35. The van der Waals surface area contributed by atoms with E-state index >= 15 is 0 Å². The van der Waals surface area contributed by atoms with Gasteiger partial charge in [-0.25, -0.2) is 0 Å². The van der Waals surface area contributed by atoms with Crippen LogP contribution in [0.1, 0.15) is 51.4 Å². The minimum absolute atomic E-state index is 0.0171. The number of halogens is 5. The average molecular weight is 539 g/mol. The first-order chi connectivity index (χ1) is 17.8. The third kappa shape index (κ3) is 5.12. The smallest absolute Gasteiger partial charge is 0.417 e. The molecule has 4 aliphatic carbocycles. The third-order valence-electron chi connectivity index (χ3n) is 8.83. The van der Waals surface area contributed by atoms with Crippen molar-refractivity contribution in [3.63, 3.8) is 0 Å². The number of carbonyl (C=O) groups excluding carboxylic acids is 1. The van der Waals surface area contributed by atoms with Gasteiger partial charge < -0.3 is 20.5 Å². The van der Waals surface area contributed by atoms with E-state index in [1.54, 1.807) is 35.2 Å². The number of alkyl halides is 5. The van der Waals surface area contributed by atoms with Crippen molar-refractivity contribution in [1.29, 1.82) is 0 Å². The van der Waals surface area contributed by atoms with Crippen LogP contribution in [-0.2, 0) is 4.79 Å². The van der Waals surface area contributed by atoms with Crippen LogP contribution in [0.3, 0.4) is 0 Å². The molecule has 0 aromatic heterocycles. The molecule has 4 fully saturated rings. The Morgan fingerprint density at radius 2 is 1.61 bits per heavy atom. The zero-order valence-electron chi connectivity index (χ0n) is 20.8. The number of fused-ring (bicyclic) bond motifs is 3. The lowest BCUT2D eigenvalue weighted by atomic mass is 9.57. The fourth-order valence-corrected chi connectivity index (χ4v) is 6.23. The predicted molar refractivity (Wildman–Crippen MR) is 132 cm³/mol. The Labute approximate surface area is 217 Å². The molecule has 0 radical (unpaired) electrons. The summed E-state index contributed by atoms with van der Waals surface area (Å²) in [6, 6.07) is 13.2. The number of benzene rings is 2. The van der Waals surface area contributed by atoms with Gasteiger partial charge in [0.05, 0.1) is 0 Å². The fraction of sp³-hybridized carbons (Fsp3) is 0.536. The molecule has 3 N–H and O–H groups in total.